The van der Waals surface area contributed by atoms with E-state index in [0.717, 1.165) is 5.69 Å². The van der Waals surface area contributed by atoms with Gasteiger partial charge in [0.15, 0.2) is 0 Å². The van der Waals surface area contributed by atoms with Crippen LogP contribution in [0.25, 0.3) is 0 Å². The van der Waals surface area contributed by atoms with E-state index in [1.54, 1.807) is 43.1 Å². The minimum atomic E-state index is -0.860. The third-order valence-electron chi connectivity index (χ3n) is 3.55. The van der Waals surface area contributed by atoms with E-state index in [9.17, 15) is 9.90 Å². The number of amides is 1. The maximum absolute atomic E-state index is 12.5. The second-order valence-corrected chi connectivity index (χ2v) is 5.45. The van der Waals surface area contributed by atoms with Crippen molar-refractivity contribution in [2.24, 2.45) is 5.92 Å². The first kappa shape index (κ1) is 15.5. The molecule has 0 unspecified atom stereocenters. The Labute approximate surface area is 129 Å². The predicted octanol–water partition coefficient (Wildman–Crippen LogP) is 3.67. The Hall–Kier alpha value is -1.84. The lowest BCUT2D eigenvalue weighted by Crippen LogP contribution is -2.34. The maximum Gasteiger partial charge on any atom is 0.232 e. The molecular formula is C17H18ClNO2. The number of halogens is 1. The molecule has 0 saturated heterocycles. The molecule has 2 aromatic rings. The smallest absolute Gasteiger partial charge is 0.232 e. The summed E-state index contributed by atoms with van der Waals surface area (Å²) in [6, 6.07) is 16.3. The van der Waals surface area contributed by atoms with Crippen LogP contribution in [0, 0.1) is 5.92 Å². The molecule has 1 N–H and O–H groups in total. The Kier molecular flexibility index (Phi) is 4.99. The summed E-state index contributed by atoms with van der Waals surface area (Å²) in [7, 11) is 1.71. The highest BCUT2D eigenvalue weighted by atomic mass is 35.5. The normalized spacial score (nSPS) is 13.5. The fraction of sp³-hybridized carbons (Fsp3) is 0.235. The first-order chi connectivity index (χ1) is 10.0. The molecule has 110 valence electrons. The van der Waals surface area contributed by atoms with E-state index in [1.807, 2.05) is 30.3 Å². The minimum Gasteiger partial charge on any atom is -0.388 e. The van der Waals surface area contributed by atoms with Gasteiger partial charge in [0.05, 0.1) is 12.0 Å². The summed E-state index contributed by atoms with van der Waals surface area (Å²) in [5.41, 5.74) is 1.49. The van der Waals surface area contributed by atoms with E-state index in [1.165, 1.54) is 0 Å². The lowest BCUT2D eigenvalue weighted by atomic mass is 9.96. The molecule has 0 aliphatic rings. The van der Waals surface area contributed by atoms with Crippen LogP contribution in [-0.4, -0.2) is 18.1 Å². The van der Waals surface area contributed by atoms with Gasteiger partial charge in [0.25, 0.3) is 0 Å². The summed E-state index contributed by atoms with van der Waals surface area (Å²) in [5, 5.41) is 11.0. The highest BCUT2D eigenvalue weighted by Crippen LogP contribution is 2.26. The number of para-hydroxylation sites is 1. The highest BCUT2D eigenvalue weighted by Gasteiger charge is 2.26. The van der Waals surface area contributed by atoms with Crippen molar-refractivity contribution in [1.82, 2.24) is 0 Å². The number of aliphatic hydroxyl groups is 1. The molecule has 0 radical (unpaired) electrons. The van der Waals surface area contributed by atoms with E-state index in [0.29, 0.717) is 10.6 Å². The molecule has 3 nitrogen and oxygen atoms in total. The maximum atomic E-state index is 12.5. The number of benzene rings is 2. The molecule has 0 aliphatic heterocycles. The molecule has 21 heavy (non-hydrogen) atoms. The molecular weight excluding hydrogens is 286 g/mol. The number of aliphatic hydroxyl groups excluding tert-OH is 1. The average molecular weight is 304 g/mol. The quantitative estimate of drug-likeness (QED) is 0.936. The number of carbonyl (C=O) groups excluding carboxylic acids is 1. The van der Waals surface area contributed by atoms with Crippen LogP contribution in [-0.2, 0) is 4.79 Å². The summed E-state index contributed by atoms with van der Waals surface area (Å²) in [6.07, 6.45) is -0.860. The molecule has 0 fully saturated rings. The standard InChI is InChI=1S/C17H18ClNO2/c1-12(16(20)13-8-10-14(18)11-9-13)17(21)19(2)15-6-4-3-5-7-15/h3-12,16,20H,1-2H3/t12-,16+/m1/s1. The van der Waals surface area contributed by atoms with Gasteiger partial charge in [0.2, 0.25) is 5.91 Å². The molecule has 0 spiro atoms. The van der Waals surface area contributed by atoms with Crippen LogP contribution < -0.4 is 4.90 Å². The van der Waals surface area contributed by atoms with Crippen LogP contribution in [0.4, 0.5) is 5.69 Å². The zero-order valence-electron chi connectivity index (χ0n) is 12.0. The van der Waals surface area contributed by atoms with Crippen molar-refractivity contribution in [2.45, 2.75) is 13.0 Å². The number of nitrogens with zero attached hydrogens (tertiary/aromatic N) is 1. The van der Waals surface area contributed by atoms with Crippen molar-refractivity contribution in [3.05, 3.63) is 65.2 Å². The summed E-state index contributed by atoms with van der Waals surface area (Å²) in [5.74, 6) is -0.681. The summed E-state index contributed by atoms with van der Waals surface area (Å²) in [6.45, 7) is 1.72. The van der Waals surface area contributed by atoms with E-state index in [4.69, 9.17) is 11.6 Å². The number of rotatable bonds is 4. The molecule has 0 heterocycles. The van der Waals surface area contributed by atoms with Gasteiger partial charge < -0.3 is 10.0 Å². The Bertz CT molecular complexity index is 598. The fourth-order valence-corrected chi connectivity index (χ4v) is 2.29. The fourth-order valence-electron chi connectivity index (χ4n) is 2.17. The van der Waals surface area contributed by atoms with Crippen molar-refractivity contribution in [3.8, 4) is 0 Å². The van der Waals surface area contributed by atoms with Crippen molar-refractivity contribution in [1.29, 1.82) is 0 Å². The zero-order valence-corrected chi connectivity index (χ0v) is 12.8. The van der Waals surface area contributed by atoms with Gasteiger partial charge in [-0.1, -0.05) is 48.9 Å². The largest absolute Gasteiger partial charge is 0.388 e. The topological polar surface area (TPSA) is 40.5 Å². The molecule has 0 saturated carbocycles. The SMILES string of the molecule is C[C@@H](C(=O)N(C)c1ccccc1)[C@H](O)c1ccc(Cl)cc1. The van der Waals surface area contributed by atoms with Gasteiger partial charge in [-0.25, -0.2) is 0 Å². The van der Waals surface area contributed by atoms with E-state index >= 15 is 0 Å². The third-order valence-corrected chi connectivity index (χ3v) is 3.80. The Morgan fingerprint density at radius 1 is 1.10 bits per heavy atom. The first-order valence-electron chi connectivity index (χ1n) is 6.77. The highest BCUT2D eigenvalue weighted by molar-refractivity contribution is 6.30. The summed E-state index contributed by atoms with van der Waals surface area (Å²) in [4.78, 5) is 14.0. The van der Waals surface area contributed by atoms with Gasteiger partial charge >= 0.3 is 0 Å². The van der Waals surface area contributed by atoms with Crippen LogP contribution in [0.5, 0.6) is 0 Å². The van der Waals surface area contributed by atoms with Crippen molar-refractivity contribution < 1.29 is 9.90 Å². The van der Waals surface area contributed by atoms with Crippen LogP contribution in [0.1, 0.15) is 18.6 Å². The third kappa shape index (κ3) is 3.63. The number of hydrogen-bond acceptors (Lipinski definition) is 2. The van der Waals surface area contributed by atoms with Crippen LogP contribution in [0.2, 0.25) is 5.02 Å². The van der Waals surface area contributed by atoms with Crippen molar-refractivity contribution in [2.75, 3.05) is 11.9 Å². The summed E-state index contributed by atoms with van der Waals surface area (Å²) >= 11 is 5.83. The van der Waals surface area contributed by atoms with Crippen LogP contribution >= 0.6 is 11.6 Å². The van der Waals surface area contributed by atoms with Crippen LogP contribution in [0.15, 0.2) is 54.6 Å². The predicted molar refractivity (Wildman–Crippen MR) is 85.4 cm³/mol. The van der Waals surface area contributed by atoms with Gasteiger partial charge in [-0.3, -0.25) is 4.79 Å². The van der Waals surface area contributed by atoms with Crippen LogP contribution in [0.3, 0.4) is 0 Å². The monoisotopic (exact) mass is 303 g/mol. The Morgan fingerprint density at radius 2 is 1.67 bits per heavy atom. The van der Waals surface area contributed by atoms with Gasteiger partial charge in [-0.05, 0) is 29.8 Å². The Balaban J connectivity index is 2.13. The molecule has 2 rings (SSSR count). The van der Waals surface area contributed by atoms with Crippen molar-refractivity contribution >= 4 is 23.2 Å². The molecule has 1 amide bonds. The van der Waals surface area contributed by atoms with Gasteiger partial charge in [0, 0.05) is 17.8 Å². The number of carbonyl (C=O) groups is 1. The zero-order chi connectivity index (χ0) is 15.4. The first-order valence-corrected chi connectivity index (χ1v) is 7.14. The lowest BCUT2D eigenvalue weighted by molar-refractivity contribution is -0.125. The molecule has 2 aromatic carbocycles. The molecule has 4 heteroatoms. The lowest BCUT2D eigenvalue weighted by Gasteiger charge is -2.25. The minimum absolute atomic E-state index is 0.136. The molecule has 0 aromatic heterocycles. The molecule has 0 aliphatic carbocycles. The second kappa shape index (κ2) is 6.74. The van der Waals surface area contributed by atoms with Crippen molar-refractivity contribution in [3.63, 3.8) is 0 Å². The van der Waals surface area contributed by atoms with Gasteiger partial charge in [-0.15, -0.1) is 0 Å². The summed E-state index contributed by atoms with van der Waals surface area (Å²) < 4.78 is 0. The number of hydrogen-bond donors (Lipinski definition) is 1. The molecule has 2 atom stereocenters. The second-order valence-electron chi connectivity index (χ2n) is 5.02. The molecule has 0 bridgehead atoms. The van der Waals surface area contributed by atoms with E-state index < -0.39 is 12.0 Å². The average Bonchev–Trinajstić information content (AvgIpc) is 2.53. The van der Waals surface area contributed by atoms with E-state index in [-0.39, 0.29) is 5.91 Å². The van der Waals surface area contributed by atoms with Gasteiger partial charge in [0.1, 0.15) is 0 Å². The Morgan fingerprint density at radius 3 is 2.24 bits per heavy atom. The van der Waals surface area contributed by atoms with E-state index in [2.05, 4.69) is 0 Å². The number of anilines is 1. The van der Waals surface area contributed by atoms with Gasteiger partial charge in [-0.2, -0.15) is 0 Å².